The van der Waals surface area contributed by atoms with Crippen molar-refractivity contribution < 1.29 is 13.2 Å². The van der Waals surface area contributed by atoms with Crippen LogP contribution in [-0.4, -0.2) is 14.5 Å². The zero-order valence-corrected chi connectivity index (χ0v) is 12.4. The van der Waals surface area contributed by atoms with Gasteiger partial charge in [-0.3, -0.25) is 0 Å². The van der Waals surface area contributed by atoms with Crippen molar-refractivity contribution in [3.63, 3.8) is 0 Å². The number of ether oxygens (including phenoxy) is 1. The van der Waals surface area contributed by atoms with Gasteiger partial charge in [0.2, 0.25) is 10.0 Å². The first-order valence-electron chi connectivity index (χ1n) is 6.77. The van der Waals surface area contributed by atoms with E-state index in [1.54, 1.807) is 12.1 Å². The molecule has 2 N–H and O–H groups in total. The van der Waals surface area contributed by atoms with E-state index in [0.29, 0.717) is 5.75 Å². The zero-order chi connectivity index (χ0) is 14.3. The number of primary sulfonamides is 1. The largest absolute Gasteiger partial charge is 0.490 e. The molecular formula is C14H23NO3S. The van der Waals surface area contributed by atoms with Gasteiger partial charge in [-0.05, 0) is 43.5 Å². The first-order valence-corrected chi connectivity index (χ1v) is 8.31. The van der Waals surface area contributed by atoms with Gasteiger partial charge in [0.25, 0.3) is 0 Å². The van der Waals surface area contributed by atoms with Crippen LogP contribution in [-0.2, 0) is 10.0 Å². The highest BCUT2D eigenvalue weighted by atomic mass is 32.2. The second-order valence-corrected chi connectivity index (χ2v) is 6.22. The SMILES string of the molecule is CCCCCC(CC)Oc1ccc(S(N)(=O)=O)cc1. The minimum Gasteiger partial charge on any atom is -0.490 e. The molecule has 0 aliphatic heterocycles. The van der Waals surface area contributed by atoms with E-state index in [9.17, 15) is 8.42 Å². The Morgan fingerprint density at radius 3 is 2.26 bits per heavy atom. The van der Waals surface area contributed by atoms with Gasteiger partial charge in [0.15, 0.2) is 0 Å². The molecule has 0 spiro atoms. The van der Waals surface area contributed by atoms with Crippen molar-refractivity contribution in [2.24, 2.45) is 5.14 Å². The van der Waals surface area contributed by atoms with Gasteiger partial charge >= 0.3 is 0 Å². The summed E-state index contributed by atoms with van der Waals surface area (Å²) in [6, 6.07) is 6.26. The molecule has 1 atom stereocenters. The van der Waals surface area contributed by atoms with Crippen molar-refractivity contribution in [1.82, 2.24) is 0 Å². The topological polar surface area (TPSA) is 69.4 Å². The lowest BCUT2D eigenvalue weighted by Gasteiger charge is -2.17. The maximum Gasteiger partial charge on any atom is 0.238 e. The molecule has 1 aromatic rings. The summed E-state index contributed by atoms with van der Waals surface area (Å²) in [6.45, 7) is 4.27. The van der Waals surface area contributed by atoms with Gasteiger partial charge in [-0.15, -0.1) is 0 Å². The summed E-state index contributed by atoms with van der Waals surface area (Å²) in [5, 5.41) is 5.05. The summed E-state index contributed by atoms with van der Waals surface area (Å²) in [4.78, 5) is 0.110. The fourth-order valence-corrected chi connectivity index (χ4v) is 2.38. The lowest BCUT2D eigenvalue weighted by Crippen LogP contribution is -2.15. The lowest BCUT2D eigenvalue weighted by atomic mass is 10.1. The molecule has 1 aromatic carbocycles. The molecule has 1 rings (SSSR count). The monoisotopic (exact) mass is 285 g/mol. The van der Waals surface area contributed by atoms with E-state index in [1.807, 2.05) is 0 Å². The summed E-state index contributed by atoms with van der Waals surface area (Å²) in [6.07, 6.45) is 5.72. The standard InChI is InChI=1S/C14H23NO3S/c1-3-5-6-7-12(4-2)18-13-8-10-14(11-9-13)19(15,16)17/h8-12H,3-7H2,1-2H3,(H2,15,16,17). The average molecular weight is 285 g/mol. The normalized spacial score (nSPS) is 13.2. The molecule has 0 bridgehead atoms. The summed E-state index contributed by atoms with van der Waals surface area (Å²) in [5.41, 5.74) is 0. The first-order chi connectivity index (χ1) is 8.97. The predicted molar refractivity (Wildman–Crippen MR) is 76.7 cm³/mol. The Balaban J connectivity index is 2.60. The van der Waals surface area contributed by atoms with Gasteiger partial charge in [-0.25, -0.2) is 13.6 Å². The van der Waals surface area contributed by atoms with E-state index in [-0.39, 0.29) is 11.0 Å². The van der Waals surface area contributed by atoms with Gasteiger partial charge in [-0.2, -0.15) is 0 Å². The first kappa shape index (κ1) is 16.0. The fourth-order valence-electron chi connectivity index (χ4n) is 1.87. The molecular weight excluding hydrogens is 262 g/mol. The summed E-state index contributed by atoms with van der Waals surface area (Å²) in [5.74, 6) is 0.691. The molecule has 0 aromatic heterocycles. The average Bonchev–Trinajstić information content (AvgIpc) is 2.37. The highest BCUT2D eigenvalue weighted by molar-refractivity contribution is 7.89. The number of hydrogen-bond acceptors (Lipinski definition) is 3. The Bertz CT molecular complexity index is 468. The predicted octanol–water partition coefficient (Wildman–Crippen LogP) is 3.07. The van der Waals surface area contributed by atoms with Crippen LogP contribution in [0, 0.1) is 0 Å². The number of benzene rings is 1. The van der Waals surface area contributed by atoms with Crippen LogP contribution in [0.25, 0.3) is 0 Å². The van der Waals surface area contributed by atoms with Crippen LogP contribution in [0.15, 0.2) is 29.2 Å². The van der Waals surface area contributed by atoms with Crippen molar-refractivity contribution in [3.05, 3.63) is 24.3 Å². The lowest BCUT2D eigenvalue weighted by molar-refractivity contribution is 0.182. The molecule has 0 heterocycles. The molecule has 5 heteroatoms. The van der Waals surface area contributed by atoms with Crippen LogP contribution in [0.2, 0.25) is 0 Å². The van der Waals surface area contributed by atoms with E-state index in [1.165, 1.54) is 25.0 Å². The third kappa shape index (κ3) is 5.61. The molecule has 0 aliphatic carbocycles. The molecule has 0 amide bonds. The number of nitrogens with two attached hydrogens (primary N) is 1. The molecule has 0 saturated heterocycles. The fraction of sp³-hybridized carbons (Fsp3) is 0.571. The molecule has 0 fully saturated rings. The van der Waals surface area contributed by atoms with Crippen molar-refractivity contribution in [2.75, 3.05) is 0 Å². The summed E-state index contributed by atoms with van der Waals surface area (Å²) < 4.78 is 28.1. The Hall–Kier alpha value is -1.07. The minimum atomic E-state index is -3.63. The molecule has 19 heavy (non-hydrogen) atoms. The van der Waals surface area contributed by atoms with Crippen molar-refractivity contribution in [1.29, 1.82) is 0 Å². The molecule has 0 radical (unpaired) electrons. The zero-order valence-electron chi connectivity index (χ0n) is 11.6. The van der Waals surface area contributed by atoms with Crippen LogP contribution in [0.1, 0.15) is 46.0 Å². The van der Waals surface area contributed by atoms with E-state index >= 15 is 0 Å². The minimum absolute atomic E-state index is 0.110. The van der Waals surface area contributed by atoms with Gasteiger partial charge in [0.1, 0.15) is 5.75 Å². The number of unbranched alkanes of at least 4 members (excludes halogenated alkanes) is 2. The Labute approximate surface area is 116 Å². The van der Waals surface area contributed by atoms with Crippen LogP contribution in [0.5, 0.6) is 5.75 Å². The second kappa shape index (κ2) is 7.50. The Kier molecular flexibility index (Phi) is 6.31. The molecule has 0 saturated carbocycles. The van der Waals surface area contributed by atoms with Gasteiger partial charge in [0.05, 0.1) is 11.0 Å². The van der Waals surface area contributed by atoms with Gasteiger partial charge < -0.3 is 4.74 Å². The molecule has 0 aliphatic rings. The molecule has 1 unspecified atom stereocenters. The van der Waals surface area contributed by atoms with Gasteiger partial charge in [0, 0.05) is 0 Å². The third-order valence-corrected chi connectivity index (χ3v) is 3.97. The van der Waals surface area contributed by atoms with Gasteiger partial charge in [-0.1, -0.05) is 26.7 Å². The summed E-state index contributed by atoms with van der Waals surface area (Å²) >= 11 is 0. The highest BCUT2D eigenvalue weighted by Gasteiger charge is 2.10. The summed E-state index contributed by atoms with van der Waals surface area (Å²) in [7, 11) is -3.63. The van der Waals surface area contributed by atoms with Crippen LogP contribution in [0.3, 0.4) is 0 Å². The van der Waals surface area contributed by atoms with E-state index in [2.05, 4.69) is 13.8 Å². The maximum absolute atomic E-state index is 11.1. The number of hydrogen-bond donors (Lipinski definition) is 1. The maximum atomic E-state index is 11.1. The Morgan fingerprint density at radius 2 is 1.79 bits per heavy atom. The smallest absolute Gasteiger partial charge is 0.238 e. The molecule has 4 nitrogen and oxygen atoms in total. The second-order valence-electron chi connectivity index (χ2n) is 4.66. The van der Waals surface area contributed by atoms with Crippen LogP contribution >= 0.6 is 0 Å². The van der Waals surface area contributed by atoms with E-state index < -0.39 is 10.0 Å². The number of sulfonamides is 1. The third-order valence-electron chi connectivity index (χ3n) is 3.04. The quantitative estimate of drug-likeness (QED) is 0.746. The van der Waals surface area contributed by atoms with Crippen LogP contribution in [0.4, 0.5) is 0 Å². The van der Waals surface area contributed by atoms with Crippen molar-refractivity contribution >= 4 is 10.0 Å². The van der Waals surface area contributed by atoms with Crippen molar-refractivity contribution in [2.45, 2.75) is 57.0 Å². The van der Waals surface area contributed by atoms with E-state index in [4.69, 9.17) is 9.88 Å². The number of rotatable bonds is 8. The molecule has 108 valence electrons. The van der Waals surface area contributed by atoms with E-state index in [0.717, 1.165) is 19.3 Å². The highest BCUT2D eigenvalue weighted by Crippen LogP contribution is 2.19. The Morgan fingerprint density at radius 1 is 1.16 bits per heavy atom. The van der Waals surface area contributed by atoms with Crippen molar-refractivity contribution in [3.8, 4) is 5.75 Å². The van der Waals surface area contributed by atoms with Crippen LogP contribution < -0.4 is 9.88 Å².